The van der Waals surface area contributed by atoms with Crippen molar-refractivity contribution in [3.8, 4) is 11.5 Å². The number of anilines is 1. The fourth-order valence-electron chi connectivity index (χ4n) is 6.26. The molecular formula is C37H30N2O3. The first kappa shape index (κ1) is 25.8. The van der Waals surface area contributed by atoms with Gasteiger partial charge >= 0.3 is 5.97 Å². The van der Waals surface area contributed by atoms with E-state index in [-0.39, 0.29) is 0 Å². The lowest BCUT2D eigenvalue weighted by Crippen LogP contribution is -2.62. The van der Waals surface area contributed by atoms with Gasteiger partial charge in [-0.3, -0.25) is 4.99 Å². The van der Waals surface area contributed by atoms with E-state index in [1.165, 1.54) is 0 Å². The SMILES string of the molecule is C=Cc1ccc2ccc3c(c2c1)N=CC1(O3)N(Cc2ccccc2)c2cccc(OC(=O)c3ccccc3)c2C1(C)C. The number of carbonyl (C=O) groups is 1. The van der Waals surface area contributed by atoms with Crippen LogP contribution in [0.3, 0.4) is 0 Å². The number of benzene rings is 5. The highest BCUT2D eigenvalue weighted by Gasteiger charge is 2.61. The summed E-state index contributed by atoms with van der Waals surface area (Å²) in [4.78, 5) is 20.6. The van der Waals surface area contributed by atoms with Gasteiger partial charge in [0.15, 0.2) is 0 Å². The lowest BCUT2D eigenvalue weighted by Gasteiger charge is -2.46. The first-order valence-electron chi connectivity index (χ1n) is 14.1. The molecule has 5 heteroatoms. The average molecular weight is 551 g/mol. The predicted octanol–water partition coefficient (Wildman–Crippen LogP) is 8.49. The van der Waals surface area contributed by atoms with Gasteiger partial charge in [0, 0.05) is 23.2 Å². The van der Waals surface area contributed by atoms with Crippen molar-refractivity contribution in [1.82, 2.24) is 0 Å². The molecular weight excluding hydrogens is 520 g/mol. The van der Waals surface area contributed by atoms with E-state index < -0.39 is 17.1 Å². The average Bonchev–Trinajstić information content (AvgIpc) is 3.20. The van der Waals surface area contributed by atoms with Gasteiger partial charge < -0.3 is 14.4 Å². The van der Waals surface area contributed by atoms with Gasteiger partial charge in [0.05, 0.1) is 17.2 Å². The van der Waals surface area contributed by atoms with Gasteiger partial charge in [0.1, 0.15) is 17.2 Å². The number of rotatable bonds is 5. The van der Waals surface area contributed by atoms with Crippen molar-refractivity contribution >= 4 is 40.4 Å². The van der Waals surface area contributed by atoms with Gasteiger partial charge in [0.2, 0.25) is 5.72 Å². The molecule has 1 unspecified atom stereocenters. The highest BCUT2D eigenvalue weighted by atomic mass is 16.5. The molecule has 0 N–H and O–H groups in total. The highest BCUT2D eigenvalue weighted by molar-refractivity contribution is 6.01. The van der Waals surface area contributed by atoms with Crippen LogP contribution in [0.2, 0.25) is 0 Å². The van der Waals surface area contributed by atoms with Crippen LogP contribution >= 0.6 is 0 Å². The van der Waals surface area contributed by atoms with E-state index in [1.807, 2.05) is 73.0 Å². The van der Waals surface area contributed by atoms with E-state index in [4.69, 9.17) is 14.5 Å². The molecule has 0 saturated carbocycles. The molecule has 0 radical (unpaired) electrons. The van der Waals surface area contributed by atoms with Crippen LogP contribution in [-0.4, -0.2) is 17.9 Å². The first-order chi connectivity index (χ1) is 20.4. The summed E-state index contributed by atoms with van der Waals surface area (Å²) in [6.45, 7) is 8.77. The highest BCUT2D eigenvalue weighted by Crippen LogP contribution is 2.57. The fraction of sp³-hybridized carbons (Fsp3) is 0.135. The summed E-state index contributed by atoms with van der Waals surface area (Å²) in [5.41, 5.74) is 3.63. The number of carbonyl (C=O) groups excluding carboxylic acids is 1. The topological polar surface area (TPSA) is 51.1 Å². The van der Waals surface area contributed by atoms with Crippen LogP contribution in [0.5, 0.6) is 11.5 Å². The third kappa shape index (κ3) is 3.92. The van der Waals surface area contributed by atoms with Crippen LogP contribution in [0.1, 0.15) is 40.9 Å². The van der Waals surface area contributed by atoms with Crippen molar-refractivity contribution in [3.05, 3.63) is 138 Å². The van der Waals surface area contributed by atoms with Crippen molar-refractivity contribution < 1.29 is 14.3 Å². The maximum Gasteiger partial charge on any atom is 0.343 e. The summed E-state index contributed by atoms with van der Waals surface area (Å²) in [6, 6.07) is 35.5. The van der Waals surface area contributed by atoms with Gasteiger partial charge in [-0.2, -0.15) is 0 Å². The molecule has 7 rings (SSSR count). The van der Waals surface area contributed by atoms with Gasteiger partial charge in [-0.05, 0) is 66.8 Å². The van der Waals surface area contributed by atoms with Crippen molar-refractivity contribution in [1.29, 1.82) is 0 Å². The summed E-state index contributed by atoms with van der Waals surface area (Å²) >= 11 is 0. The minimum absolute atomic E-state index is 0.400. The fourth-order valence-corrected chi connectivity index (χ4v) is 6.26. The second kappa shape index (κ2) is 9.74. The molecule has 1 atom stereocenters. The number of aliphatic imine (C=N–C) groups is 1. The van der Waals surface area contributed by atoms with E-state index in [2.05, 4.69) is 61.7 Å². The zero-order chi connectivity index (χ0) is 28.9. The minimum Gasteiger partial charge on any atom is -0.459 e. The summed E-state index contributed by atoms with van der Waals surface area (Å²) in [5.74, 6) is 0.814. The standard InChI is InChI=1S/C37H30N2O3/c1-4-25-18-19-27-20-21-32-34(29(27)22-25)38-24-37(42-32)36(2,3)33-30(39(37)23-26-12-7-5-8-13-26)16-11-17-31(33)41-35(40)28-14-9-6-10-15-28/h4-22,24H,1,23H2,2-3H3. The largest absolute Gasteiger partial charge is 0.459 e. The zero-order valence-electron chi connectivity index (χ0n) is 23.6. The summed E-state index contributed by atoms with van der Waals surface area (Å²) in [5, 5.41) is 2.10. The smallest absolute Gasteiger partial charge is 0.343 e. The second-order valence-electron chi connectivity index (χ2n) is 11.3. The molecule has 42 heavy (non-hydrogen) atoms. The molecule has 0 saturated heterocycles. The van der Waals surface area contributed by atoms with Gasteiger partial charge in [-0.25, -0.2) is 4.79 Å². The van der Waals surface area contributed by atoms with Crippen molar-refractivity contribution in [2.24, 2.45) is 4.99 Å². The molecule has 2 aliphatic rings. The van der Waals surface area contributed by atoms with Crippen molar-refractivity contribution in [3.63, 3.8) is 0 Å². The number of hydrogen-bond acceptors (Lipinski definition) is 5. The van der Waals surface area contributed by atoms with E-state index in [9.17, 15) is 4.79 Å². The lowest BCUT2D eigenvalue weighted by atomic mass is 9.77. The maximum atomic E-state index is 13.2. The van der Waals surface area contributed by atoms with Crippen LogP contribution in [0, 0.1) is 0 Å². The number of nitrogens with zero attached hydrogens (tertiary/aromatic N) is 2. The maximum absolute atomic E-state index is 13.2. The Morgan fingerprint density at radius 3 is 2.43 bits per heavy atom. The van der Waals surface area contributed by atoms with Gasteiger partial charge in [-0.15, -0.1) is 0 Å². The molecule has 0 fully saturated rings. The number of fused-ring (bicyclic) bond motifs is 4. The monoisotopic (exact) mass is 550 g/mol. The Morgan fingerprint density at radius 1 is 0.929 bits per heavy atom. The Bertz CT molecular complexity index is 1880. The Labute approximate surface area is 245 Å². The molecule has 2 aliphatic heterocycles. The molecule has 5 nitrogen and oxygen atoms in total. The molecule has 2 heterocycles. The molecule has 0 aliphatic carbocycles. The predicted molar refractivity (Wildman–Crippen MR) is 169 cm³/mol. The van der Waals surface area contributed by atoms with E-state index in [1.54, 1.807) is 12.1 Å². The Kier molecular flexibility index (Phi) is 5.98. The Balaban J connectivity index is 1.38. The summed E-state index contributed by atoms with van der Waals surface area (Å²) in [7, 11) is 0. The van der Waals surface area contributed by atoms with E-state index in [0.29, 0.717) is 23.6 Å². The minimum atomic E-state index is -0.989. The molecule has 206 valence electrons. The molecule has 0 amide bonds. The van der Waals surface area contributed by atoms with Crippen LogP contribution in [0.25, 0.3) is 16.8 Å². The van der Waals surface area contributed by atoms with Crippen LogP contribution in [-0.2, 0) is 12.0 Å². The molecule has 0 aromatic heterocycles. The van der Waals surface area contributed by atoms with Crippen LogP contribution < -0.4 is 14.4 Å². The quantitative estimate of drug-likeness (QED) is 0.163. The Hall–Kier alpha value is -5.16. The molecule has 0 bridgehead atoms. The molecule has 5 aromatic carbocycles. The number of hydrogen-bond donors (Lipinski definition) is 0. The van der Waals surface area contributed by atoms with Crippen LogP contribution in [0.15, 0.2) is 121 Å². The number of esters is 1. The van der Waals surface area contributed by atoms with Crippen molar-refractivity contribution in [2.45, 2.75) is 31.5 Å². The van der Waals surface area contributed by atoms with Crippen LogP contribution in [0.4, 0.5) is 11.4 Å². The third-order valence-corrected chi connectivity index (χ3v) is 8.46. The van der Waals surface area contributed by atoms with E-state index in [0.717, 1.165) is 38.8 Å². The van der Waals surface area contributed by atoms with Gasteiger partial charge in [0.25, 0.3) is 0 Å². The van der Waals surface area contributed by atoms with Crippen molar-refractivity contribution in [2.75, 3.05) is 4.90 Å². The van der Waals surface area contributed by atoms with E-state index >= 15 is 0 Å². The molecule has 1 spiro atoms. The second-order valence-corrected chi connectivity index (χ2v) is 11.3. The van der Waals surface area contributed by atoms with Gasteiger partial charge in [-0.1, -0.05) is 85.5 Å². The Morgan fingerprint density at radius 2 is 1.67 bits per heavy atom. The lowest BCUT2D eigenvalue weighted by molar-refractivity contribution is 0.0687. The molecule has 5 aromatic rings. The zero-order valence-corrected chi connectivity index (χ0v) is 23.6. The first-order valence-corrected chi connectivity index (χ1v) is 14.1. The number of ether oxygens (including phenoxy) is 2. The summed E-state index contributed by atoms with van der Waals surface area (Å²) in [6.07, 6.45) is 3.77. The third-order valence-electron chi connectivity index (χ3n) is 8.46. The normalized spacial score (nSPS) is 17.9. The summed E-state index contributed by atoms with van der Waals surface area (Å²) < 4.78 is 13.2.